The van der Waals surface area contributed by atoms with Crippen LogP contribution in [0, 0.1) is 0 Å². The summed E-state index contributed by atoms with van der Waals surface area (Å²) in [5.41, 5.74) is 12.5. The fraction of sp³-hybridized carbons (Fsp3) is 0.333. The van der Waals surface area contributed by atoms with Crippen molar-refractivity contribution in [2.75, 3.05) is 13.2 Å². The number of nitrogens with two attached hydrogens (primary N) is 1. The molecule has 2 heteroatoms. The Kier molecular flexibility index (Phi) is 3.36. The van der Waals surface area contributed by atoms with Gasteiger partial charge in [-0.25, -0.2) is 0 Å². The van der Waals surface area contributed by atoms with Gasteiger partial charge in [-0.05, 0) is 40.7 Å². The van der Waals surface area contributed by atoms with Crippen molar-refractivity contribution in [3.8, 4) is 11.1 Å². The van der Waals surface area contributed by atoms with Crippen LogP contribution >= 0.6 is 0 Å². The predicted molar refractivity (Wildman–Crippen MR) is 82.8 cm³/mol. The molecule has 0 bridgehead atoms. The number of rotatable bonds is 4. The molecular formula is C18H21NO. The summed E-state index contributed by atoms with van der Waals surface area (Å²) in [5.74, 6) is 0. The van der Waals surface area contributed by atoms with Crippen LogP contribution in [0.4, 0.5) is 0 Å². The summed E-state index contributed by atoms with van der Waals surface area (Å²) in [4.78, 5) is 0. The van der Waals surface area contributed by atoms with E-state index in [1.807, 2.05) is 0 Å². The molecule has 1 unspecified atom stereocenters. The summed E-state index contributed by atoms with van der Waals surface area (Å²) >= 11 is 0. The summed E-state index contributed by atoms with van der Waals surface area (Å²) < 4.78 is 0. The second kappa shape index (κ2) is 5.04. The lowest BCUT2D eigenvalue weighted by Crippen LogP contribution is -2.33. The van der Waals surface area contributed by atoms with Crippen LogP contribution in [0.15, 0.2) is 42.5 Å². The van der Waals surface area contributed by atoms with Gasteiger partial charge in [-0.2, -0.15) is 0 Å². The standard InChI is InChI=1S/C18H21NO/c1-18(12-19,8-9-20)15-6-7-17-14(11-15)10-13-4-2-3-5-16(13)17/h2-7,11,20H,8-10,12,19H2,1H3. The Morgan fingerprint density at radius 1 is 1.10 bits per heavy atom. The minimum absolute atomic E-state index is 0.140. The van der Waals surface area contributed by atoms with Gasteiger partial charge in [-0.3, -0.25) is 0 Å². The molecule has 0 saturated carbocycles. The number of benzene rings is 2. The van der Waals surface area contributed by atoms with Gasteiger partial charge in [-0.15, -0.1) is 0 Å². The second-order valence-corrected chi connectivity index (χ2v) is 5.94. The van der Waals surface area contributed by atoms with Crippen molar-refractivity contribution < 1.29 is 5.11 Å². The van der Waals surface area contributed by atoms with Crippen LogP contribution in [0.2, 0.25) is 0 Å². The monoisotopic (exact) mass is 267 g/mol. The maximum Gasteiger partial charge on any atom is 0.0439 e. The van der Waals surface area contributed by atoms with Crippen molar-refractivity contribution in [2.24, 2.45) is 5.73 Å². The molecule has 0 saturated heterocycles. The number of hydrogen-bond acceptors (Lipinski definition) is 2. The number of hydrogen-bond donors (Lipinski definition) is 2. The predicted octanol–water partition coefficient (Wildman–Crippen LogP) is 2.86. The summed E-state index contributed by atoms with van der Waals surface area (Å²) in [7, 11) is 0. The van der Waals surface area contributed by atoms with Crippen LogP contribution in [0.5, 0.6) is 0 Å². The molecule has 104 valence electrons. The third-order valence-electron chi connectivity index (χ3n) is 4.60. The lowest BCUT2D eigenvalue weighted by Gasteiger charge is -2.28. The maximum absolute atomic E-state index is 9.27. The second-order valence-electron chi connectivity index (χ2n) is 5.94. The Labute approximate surface area is 120 Å². The van der Waals surface area contributed by atoms with Crippen molar-refractivity contribution in [1.29, 1.82) is 0 Å². The van der Waals surface area contributed by atoms with Crippen LogP contribution in [-0.2, 0) is 11.8 Å². The summed E-state index contributed by atoms with van der Waals surface area (Å²) in [6.45, 7) is 2.86. The van der Waals surface area contributed by atoms with Crippen LogP contribution in [-0.4, -0.2) is 18.3 Å². The SMILES string of the molecule is CC(CN)(CCO)c1ccc2c(c1)Cc1ccccc1-2. The van der Waals surface area contributed by atoms with E-state index in [4.69, 9.17) is 5.73 Å². The van der Waals surface area contributed by atoms with Gasteiger partial charge in [0.15, 0.2) is 0 Å². The Morgan fingerprint density at radius 3 is 2.60 bits per heavy atom. The first kappa shape index (κ1) is 13.3. The summed E-state index contributed by atoms with van der Waals surface area (Å²) in [6, 6.07) is 15.2. The lowest BCUT2D eigenvalue weighted by molar-refractivity contribution is 0.247. The van der Waals surface area contributed by atoms with E-state index in [0.29, 0.717) is 13.0 Å². The Hall–Kier alpha value is -1.64. The van der Waals surface area contributed by atoms with Gasteiger partial charge in [0.05, 0.1) is 0 Å². The van der Waals surface area contributed by atoms with E-state index in [1.54, 1.807) is 0 Å². The quantitative estimate of drug-likeness (QED) is 0.763. The molecule has 0 fully saturated rings. The Morgan fingerprint density at radius 2 is 1.85 bits per heavy atom. The molecule has 3 rings (SSSR count). The minimum Gasteiger partial charge on any atom is -0.396 e. The molecule has 20 heavy (non-hydrogen) atoms. The van der Waals surface area contributed by atoms with Gasteiger partial charge >= 0.3 is 0 Å². The molecule has 0 aromatic heterocycles. The average Bonchev–Trinajstić information content (AvgIpc) is 2.85. The molecule has 2 aromatic carbocycles. The normalized spacial score (nSPS) is 15.6. The van der Waals surface area contributed by atoms with Gasteiger partial charge in [0.1, 0.15) is 0 Å². The molecule has 0 heterocycles. The molecule has 2 aromatic rings. The van der Waals surface area contributed by atoms with Crippen molar-refractivity contribution >= 4 is 0 Å². The van der Waals surface area contributed by atoms with Crippen LogP contribution < -0.4 is 5.73 Å². The zero-order valence-electron chi connectivity index (χ0n) is 11.9. The molecule has 1 aliphatic carbocycles. The zero-order valence-corrected chi connectivity index (χ0v) is 11.9. The number of aliphatic hydroxyl groups is 1. The highest BCUT2D eigenvalue weighted by atomic mass is 16.3. The lowest BCUT2D eigenvalue weighted by atomic mass is 9.79. The highest BCUT2D eigenvalue weighted by Crippen LogP contribution is 2.39. The van der Waals surface area contributed by atoms with E-state index in [9.17, 15) is 5.11 Å². The number of aliphatic hydroxyl groups excluding tert-OH is 1. The third kappa shape index (κ3) is 2.05. The fourth-order valence-electron chi connectivity index (χ4n) is 3.13. The van der Waals surface area contributed by atoms with E-state index in [0.717, 1.165) is 6.42 Å². The van der Waals surface area contributed by atoms with Crippen LogP contribution in [0.25, 0.3) is 11.1 Å². The highest BCUT2D eigenvalue weighted by Gasteiger charge is 2.27. The van der Waals surface area contributed by atoms with Crippen molar-refractivity contribution in [3.63, 3.8) is 0 Å². The minimum atomic E-state index is -0.140. The van der Waals surface area contributed by atoms with Gasteiger partial charge in [0, 0.05) is 18.6 Å². The van der Waals surface area contributed by atoms with Crippen molar-refractivity contribution in [1.82, 2.24) is 0 Å². The maximum atomic E-state index is 9.27. The molecule has 1 aliphatic rings. The van der Waals surface area contributed by atoms with Crippen molar-refractivity contribution in [2.45, 2.75) is 25.2 Å². The number of fused-ring (bicyclic) bond motifs is 3. The first-order chi connectivity index (χ1) is 9.68. The Bertz CT molecular complexity index is 635. The van der Waals surface area contributed by atoms with Crippen LogP contribution in [0.1, 0.15) is 30.0 Å². The molecule has 3 N–H and O–H groups in total. The van der Waals surface area contributed by atoms with E-state index in [1.165, 1.54) is 27.8 Å². The fourth-order valence-corrected chi connectivity index (χ4v) is 3.13. The molecule has 0 amide bonds. The van der Waals surface area contributed by atoms with E-state index < -0.39 is 0 Å². The molecular weight excluding hydrogens is 246 g/mol. The summed E-state index contributed by atoms with van der Waals surface area (Å²) in [5, 5.41) is 9.27. The molecule has 0 radical (unpaired) electrons. The smallest absolute Gasteiger partial charge is 0.0439 e. The largest absolute Gasteiger partial charge is 0.396 e. The highest BCUT2D eigenvalue weighted by molar-refractivity contribution is 5.77. The Balaban J connectivity index is 2.02. The van der Waals surface area contributed by atoms with Gasteiger partial charge in [0.25, 0.3) is 0 Å². The molecule has 0 spiro atoms. The van der Waals surface area contributed by atoms with E-state index in [-0.39, 0.29) is 12.0 Å². The molecule has 1 atom stereocenters. The first-order valence-electron chi connectivity index (χ1n) is 7.20. The molecule has 0 aliphatic heterocycles. The van der Waals surface area contributed by atoms with E-state index in [2.05, 4.69) is 49.4 Å². The first-order valence-corrected chi connectivity index (χ1v) is 7.20. The van der Waals surface area contributed by atoms with E-state index >= 15 is 0 Å². The van der Waals surface area contributed by atoms with Gasteiger partial charge in [-0.1, -0.05) is 49.4 Å². The topological polar surface area (TPSA) is 46.2 Å². The summed E-state index contributed by atoms with van der Waals surface area (Å²) in [6.07, 6.45) is 1.70. The van der Waals surface area contributed by atoms with Gasteiger partial charge < -0.3 is 10.8 Å². The zero-order chi connectivity index (χ0) is 14.2. The van der Waals surface area contributed by atoms with Crippen molar-refractivity contribution in [3.05, 3.63) is 59.2 Å². The molecule has 2 nitrogen and oxygen atoms in total. The third-order valence-corrected chi connectivity index (χ3v) is 4.60. The van der Waals surface area contributed by atoms with Crippen LogP contribution in [0.3, 0.4) is 0 Å². The van der Waals surface area contributed by atoms with Gasteiger partial charge in [0.2, 0.25) is 0 Å². The average molecular weight is 267 g/mol.